The quantitative estimate of drug-likeness (QED) is 0.431. The summed E-state index contributed by atoms with van der Waals surface area (Å²) in [5.41, 5.74) is 1.66. The predicted octanol–water partition coefficient (Wildman–Crippen LogP) is 3.44. The Hall–Kier alpha value is -3.86. The fourth-order valence-electron chi connectivity index (χ4n) is 3.55. The molecule has 1 aliphatic rings. The molecule has 1 atom stereocenters. The molecule has 1 aliphatic heterocycles. The van der Waals surface area contributed by atoms with Gasteiger partial charge in [0.05, 0.1) is 15.9 Å². The average molecular weight is 424 g/mol. The van der Waals surface area contributed by atoms with Gasteiger partial charge in [0.25, 0.3) is 11.4 Å². The van der Waals surface area contributed by atoms with E-state index in [1.165, 1.54) is 24.3 Å². The van der Waals surface area contributed by atoms with Crippen LogP contribution in [-0.4, -0.2) is 51.1 Å². The lowest BCUT2D eigenvalue weighted by Crippen LogP contribution is -2.47. The first kappa shape index (κ1) is 20.4. The smallest absolute Gasteiger partial charge is 0.269 e. The van der Waals surface area contributed by atoms with Crippen LogP contribution in [0.4, 0.5) is 17.1 Å². The molecule has 1 unspecified atom stereocenters. The van der Waals surface area contributed by atoms with Crippen LogP contribution in [0.1, 0.15) is 18.9 Å². The molecule has 2 heterocycles. The monoisotopic (exact) mass is 424 g/mol. The molecule has 4 rings (SSSR count). The molecule has 160 valence electrons. The van der Waals surface area contributed by atoms with Crippen molar-refractivity contribution in [3.63, 3.8) is 0 Å². The number of hydrogen-bond acceptors (Lipinski definition) is 9. The van der Waals surface area contributed by atoms with Gasteiger partial charge in [-0.05, 0) is 31.2 Å². The number of nitro groups is 2. The molecule has 0 amide bonds. The highest BCUT2D eigenvalue weighted by molar-refractivity contribution is 5.55. The second kappa shape index (κ2) is 8.48. The maximum atomic E-state index is 10.8. The van der Waals surface area contributed by atoms with Crippen molar-refractivity contribution in [2.45, 2.75) is 13.0 Å². The molecular weight excluding hydrogens is 404 g/mol. The summed E-state index contributed by atoms with van der Waals surface area (Å²) in [6, 6.07) is 12.5. The summed E-state index contributed by atoms with van der Waals surface area (Å²) in [5.74, 6) is 0.804. The normalized spacial score (nSPS) is 15.6. The number of nitrogens with zero attached hydrogens (tertiary/aromatic N) is 6. The van der Waals surface area contributed by atoms with E-state index in [0.717, 1.165) is 31.9 Å². The highest BCUT2D eigenvalue weighted by atomic mass is 16.6. The molecule has 11 heteroatoms. The van der Waals surface area contributed by atoms with Crippen LogP contribution in [0.15, 0.2) is 52.9 Å². The van der Waals surface area contributed by atoms with E-state index in [2.05, 4.69) is 20.0 Å². The van der Waals surface area contributed by atoms with Crippen molar-refractivity contribution >= 4 is 17.1 Å². The van der Waals surface area contributed by atoms with Crippen LogP contribution in [0.3, 0.4) is 0 Å². The van der Waals surface area contributed by atoms with Crippen LogP contribution in [0.2, 0.25) is 0 Å². The highest BCUT2D eigenvalue weighted by Crippen LogP contribution is 2.27. The van der Waals surface area contributed by atoms with Gasteiger partial charge in [-0.1, -0.05) is 0 Å². The summed E-state index contributed by atoms with van der Waals surface area (Å²) in [5, 5.41) is 29.8. The van der Waals surface area contributed by atoms with Gasteiger partial charge in [-0.15, -0.1) is 10.2 Å². The minimum atomic E-state index is -0.457. The Morgan fingerprint density at radius 3 is 1.97 bits per heavy atom. The van der Waals surface area contributed by atoms with Gasteiger partial charge < -0.3 is 9.32 Å². The SMILES string of the molecule is CC(c1nnc(-c2ccc([N+](=O)[O-])cc2)o1)N1CCN(c2ccc([N+](=O)[O-])cc2)CC1. The van der Waals surface area contributed by atoms with Crippen molar-refractivity contribution in [1.82, 2.24) is 15.1 Å². The Morgan fingerprint density at radius 2 is 1.42 bits per heavy atom. The highest BCUT2D eigenvalue weighted by Gasteiger charge is 2.26. The molecule has 0 saturated carbocycles. The number of hydrogen-bond donors (Lipinski definition) is 0. The van der Waals surface area contributed by atoms with Crippen molar-refractivity contribution in [3.8, 4) is 11.5 Å². The zero-order valence-corrected chi connectivity index (χ0v) is 16.7. The Morgan fingerprint density at radius 1 is 0.871 bits per heavy atom. The first-order valence-electron chi connectivity index (χ1n) is 9.74. The molecule has 2 aromatic carbocycles. The summed E-state index contributed by atoms with van der Waals surface area (Å²) in [4.78, 5) is 25.2. The van der Waals surface area contributed by atoms with E-state index in [0.29, 0.717) is 17.3 Å². The Bertz CT molecular complexity index is 1070. The van der Waals surface area contributed by atoms with Crippen molar-refractivity contribution in [1.29, 1.82) is 0 Å². The lowest BCUT2D eigenvalue weighted by molar-refractivity contribution is -0.385. The van der Waals surface area contributed by atoms with Crippen LogP contribution in [0.5, 0.6) is 0 Å². The number of rotatable bonds is 6. The third kappa shape index (κ3) is 4.36. The number of aromatic nitrogens is 2. The zero-order valence-electron chi connectivity index (χ0n) is 16.7. The number of benzene rings is 2. The number of anilines is 1. The minimum Gasteiger partial charge on any atom is -0.419 e. The second-order valence-electron chi connectivity index (χ2n) is 7.22. The Balaban J connectivity index is 1.38. The van der Waals surface area contributed by atoms with Crippen LogP contribution >= 0.6 is 0 Å². The summed E-state index contributed by atoms with van der Waals surface area (Å²) < 4.78 is 5.82. The summed E-state index contributed by atoms with van der Waals surface area (Å²) in [6.45, 7) is 5.08. The van der Waals surface area contributed by atoms with E-state index in [1.54, 1.807) is 24.3 Å². The molecule has 11 nitrogen and oxygen atoms in total. The molecule has 31 heavy (non-hydrogen) atoms. The Kier molecular flexibility index (Phi) is 5.58. The zero-order chi connectivity index (χ0) is 22.0. The summed E-state index contributed by atoms with van der Waals surface area (Å²) in [6.07, 6.45) is 0. The lowest BCUT2D eigenvalue weighted by atomic mass is 10.2. The fourth-order valence-corrected chi connectivity index (χ4v) is 3.55. The van der Waals surface area contributed by atoms with E-state index < -0.39 is 9.85 Å². The minimum absolute atomic E-state index is 0.00255. The average Bonchev–Trinajstić information content (AvgIpc) is 3.29. The van der Waals surface area contributed by atoms with Gasteiger partial charge in [0.15, 0.2) is 0 Å². The maximum absolute atomic E-state index is 10.8. The molecular formula is C20H20N6O5. The molecule has 1 saturated heterocycles. The van der Waals surface area contributed by atoms with Crippen LogP contribution in [-0.2, 0) is 0 Å². The second-order valence-corrected chi connectivity index (χ2v) is 7.22. The van der Waals surface area contributed by atoms with Gasteiger partial charge in [-0.25, -0.2) is 0 Å². The third-order valence-electron chi connectivity index (χ3n) is 5.41. The van der Waals surface area contributed by atoms with Gasteiger partial charge in [0, 0.05) is 61.7 Å². The first-order valence-corrected chi connectivity index (χ1v) is 9.74. The molecule has 1 aromatic heterocycles. The standard InChI is InChI=1S/C20H20N6O5/c1-14(19-21-22-20(31-19)15-2-4-17(5-3-15)25(27)28)23-10-12-24(13-11-23)16-6-8-18(9-7-16)26(29)30/h2-9,14H,10-13H2,1H3. The largest absolute Gasteiger partial charge is 0.419 e. The van der Waals surface area contributed by atoms with E-state index in [1.807, 2.05) is 6.92 Å². The Labute approximate surface area is 177 Å². The van der Waals surface area contributed by atoms with Crippen LogP contribution in [0.25, 0.3) is 11.5 Å². The van der Waals surface area contributed by atoms with Crippen molar-refractivity contribution in [3.05, 3.63) is 74.7 Å². The van der Waals surface area contributed by atoms with Gasteiger partial charge in [0.1, 0.15) is 0 Å². The number of nitro benzene ring substituents is 2. The first-order chi connectivity index (χ1) is 14.9. The number of non-ortho nitro benzene ring substituents is 2. The topological polar surface area (TPSA) is 132 Å². The lowest BCUT2D eigenvalue weighted by Gasteiger charge is -2.38. The van der Waals surface area contributed by atoms with Crippen molar-refractivity contribution in [2.75, 3.05) is 31.1 Å². The summed E-state index contributed by atoms with van der Waals surface area (Å²) in [7, 11) is 0. The van der Waals surface area contributed by atoms with Crippen molar-refractivity contribution in [2.24, 2.45) is 0 Å². The van der Waals surface area contributed by atoms with E-state index in [9.17, 15) is 20.2 Å². The third-order valence-corrected chi connectivity index (χ3v) is 5.41. The van der Waals surface area contributed by atoms with Crippen molar-refractivity contribution < 1.29 is 14.3 Å². The molecule has 1 fully saturated rings. The maximum Gasteiger partial charge on any atom is 0.269 e. The molecule has 0 N–H and O–H groups in total. The van der Waals surface area contributed by atoms with Gasteiger partial charge >= 0.3 is 0 Å². The predicted molar refractivity (Wildman–Crippen MR) is 112 cm³/mol. The molecule has 3 aromatic rings. The van der Waals surface area contributed by atoms with Crippen LogP contribution < -0.4 is 4.90 Å². The van der Waals surface area contributed by atoms with Gasteiger partial charge in [-0.3, -0.25) is 25.1 Å². The van der Waals surface area contributed by atoms with Gasteiger partial charge in [0.2, 0.25) is 11.8 Å². The van der Waals surface area contributed by atoms with E-state index >= 15 is 0 Å². The van der Waals surface area contributed by atoms with E-state index in [4.69, 9.17) is 4.42 Å². The summed E-state index contributed by atoms with van der Waals surface area (Å²) >= 11 is 0. The van der Waals surface area contributed by atoms with Gasteiger partial charge in [-0.2, -0.15) is 0 Å². The molecule has 0 bridgehead atoms. The molecule has 0 radical (unpaired) electrons. The molecule has 0 spiro atoms. The van der Waals surface area contributed by atoms with Crippen LogP contribution in [0, 0.1) is 20.2 Å². The molecule has 0 aliphatic carbocycles. The van der Waals surface area contributed by atoms with E-state index in [-0.39, 0.29) is 17.4 Å². The fraction of sp³-hybridized carbons (Fsp3) is 0.300. The number of piperazine rings is 1.